The van der Waals surface area contributed by atoms with Gasteiger partial charge in [-0.05, 0) is 97.7 Å². The molecule has 0 bridgehead atoms. The van der Waals surface area contributed by atoms with E-state index in [1.54, 1.807) is 0 Å². The SMILES string of the molecule is CC(C)CCC[C@@H](C)[C@H]1CC[C@H]2[C@@H]3CC=C4C[C@@H](S(=O)(=O)[O-])CC[C@]4(C)[C@H]3CC[C@]12C.[Na+]. The number of hydrogen-bond acceptors (Lipinski definition) is 3. The first-order valence-electron chi connectivity index (χ1n) is 13.1. The molecule has 0 aromatic carbocycles. The maximum atomic E-state index is 11.7. The summed E-state index contributed by atoms with van der Waals surface area (Å²) in [5.74, 6) is 4.75. The van der Waals surface area contributed by atoms with E-state index < -0.39 is 15.4 Å². The van der Waals surface area contributed by atoms with Gasteiger partial charge in [0.05, 0.1) is 15.4 Å². The zero-order chi connectivity index (χ0) is 22.6. The average molecular weight is 473 g/mol. The van der Waals surface area contributed by atoms with Crippen molar-refractivity contribution in [2.45, 2.75) is 110 Å². The molecule has 0 saturated heterocycles. The number of hydrogen-bond donors (Lipinski definition) is 0. The molecule has 3 saturated carbocycles. The molecular weight excluding hydrogens is 427 g/mol. The molecule has 0 aromatic heterocycles. The van der Waals surface area contributed by atoms with Gasteiger partial charge < -0.3 is 4.55 Å². The molecule has 4 aliphatic rings. The monoisotopic (exact) mass is 472 g/mol. The molecule has 0 unspecified atom stereocenters. The Bertz CT molecular complexity index is 806. The van der Waals surface area contributed by atoms with Crippen LogP contribution in [0.25, 0.3) is 0 Å². The molecule has 0 amide bonds. The molecule has 4 rings (SSSR count). The topological polar surface area (TPSA) is 57.2 Å². The van der Waals surface area contributed by atoms with Crippen LogP contribution in [0.5, 0.6) is 0 Å². The van der Waals surface area contributed by atoms with Crippen molar-refractivity contribution in [3.8, 4) is 0 Å². The summed E-state index contributed by atoms with van der Waals surface area (Å²) in [5.41, 5.74) is 1.90. The summed E-state index contributed by atoms with van der Waals surface area (Å²) in [6, 6.07) is 0. The largest absolute Gasteiger partial charge is 1.00 e. The minimum absolute atomic E-state index is 0. The Morgan fingerprint density at radius 1 is 1.03 bits per heavy atom. The first kappa shape index (κ1) is 27.2. The second-order valence-corrected chi connectivity index (χ2v) is 14.3. The van der Waals surface area contributed by atoms with Gasteiger partial charge in [-0.15, -0.1) is 0 Å². The molecule has 0 heterocycles. The Morgan fingerprint density at radius 2 is 1.75 bits per heavy atom. The Balaban J connectivity index is 0.00000289. The molecule has 178 valence electrons. The first-order chi connectivity index (χ1) is 14.5. The molecular formula is C27H45NaO3S. The third-order valence-corrected chi connectivity index (χ3v) is 11.9. The smallest absolute Gasteiger partial charge is 0.748 e. The van der Waals surface area contributed by atoms with Gasteiger partial charge in [0, 0.05) is 0 Å². The van der Waals surface area contributed by atoms with Crippen LogP contribution in [-0.4, -0.2) is 18.2 Å². The Kier molecular flexibility index (Phi) is 8.47. The van der Waals surface area contributed by atoms with Gasteiger partial charge in [-0.2, -0.15) is 0 Å². The molecule has 3 fully saturated rings. The fourth-order valence-corrected chi connectivity index (χ4v) is 9.69. The molecule has 5 heteroatoms. The molecule has 0 aromatic rings. The summed E-state index contributed by atoms with van der Waals surface area (Å²) in [5, 5.41) is -0.695. The quantitative estimate of drug-likeness (QED) is 0.334. The second-order valence-electron chi connectivity index (χ2n) is 12.6. The van der Waals surface area contributed by atoms with E-state index >= 15 is 0 Å². The third kappa shape index (κ3) is 4.84. The van der Waals surface area contributed by atoms with Crippen LogP contribution in [0.3, 0.4) is 0 Å². The summed E-state index contributed by atoms with van der Waals surface area (Å²) in [6.45, 7) is 12.2. The minimum Gasteiger partial charge on any atom is -0.748 e. The molecule has 3 nitrogen and oxygen atoms in total. The van der Waals surface area contributed by atoms with Gasteiger partial charge in [-0.1, -0.05) is 65.5 Å². The van der Waals surface area contributed by atoms with E-state index in [4.69, 9.17) is 0 Å². The minimum atomic E-state index is -4.18. The summed E-state index contributed by atoms with van der Waals surface area (Å²) in [6.07, 6.45) is 14.9. The van der Waals surface area contributed by atoms with Crippen molar-refractivity contribution < 1.29 is 42.5 Å². The number of rotatable bonds is 6. The number of allylic oxidation sites excluding steroid dienone is 2. The summed E-state index contributed by atoms with van der Waals surface area (Å²) < 4.78 is 35.0. The zero-order valence-corrected chi connectivity index (χ0v) is 24.3. The third-order valence-electron chi connectivity index (χ3n) is 10.7. The Morgan fingerprint density at radius 3 is 2.41 bits per heavy atom. The molecule has 0 spiro atoms. The van der Waals surface area contributed by atoms with E-state index in [1.807, 2.05) is 0 Å². The van der Waals surface area contributed by atoms with Crippen molar-refractivity contribution in [2.75, 3.05) is 0 Å². The van der Waals surface area contributed by atoms with E-state index in [2.05, 4.69) is 40.7 Å². The molecule has 32 heavy (non-hydrogen) atoms. The summed E-state index contributed by atoms with van der Waals surface area (Å²) >= 11 is 0. The average Bonchev–Trinajstić information content (AvgIpc) is 3.03. The van der Waals surface area contributed by atoms with E-state index in [9.17, 15) is 13.0 Å². The molecule has 0 N–H and O–H groups in total. The van der Waals surface area contributed by atoms with Crippen LogP contribution < -0.4 is 29.6 Å². The van der Waals surface area contributed by atoms with E-state index in [0.717, 1.165) is 42.4 Å². The van der Waals surface area contributed by atoms with Gasteiger partial charge in [-0.3, -0.25) is 0 Å². The van der Waals surface area contributed by atoms with Crippen LogP contribution in [0.2, 0.25) is 0 Å². The first-order valence-corrected chi connectivity index (χ1v) is 14.6. The van der Waals surface area contributed by atoms with Crippen LogP contribution in [0.15, 0.2) is 11.6 Å². The van der Waals surface area contributed by atoms with Crippen LogP contribution in [0.4, 0.5) is 0 Å². The van der Waals surface area contributed by atoms with Crippen molar-refractivity contribution in [1.29, 1.82) is 0 Å². The van der Waals surface area contributed by atoms with Crippen molar-refractivity contribution in [1.82, 2.24) is 0 Å². The van der Waals surface area contributed by atoms with Gasteiger partial charge in [0.2, 0.25) is 0 Å². The van der Waals surface area contributed by atoms with Crippen LogP contribution in [0, 0.1) is 46.3 Å². The fraction of sp³-hybridized carbons (Fsp3) is 0.926. The van der Waals surface area contributed by atoms with Crippen LogP contribution in [-0.2, 0) is 10.1 Å². The summed E-state index contributed by atoms with van der Waals surface area (Å²) in [7, 11) is -4.18. The van der Waals surface area contributed by atoms with Gasteiger partial charge in [0.25, 0.3) is 0 Å². The van der Waals surface area contributed by atoms with Crippen molar-refractivity contribution in [3.05, 3.63) is 11.6 Å². The Labute approximate surface area is 220 Å². The Hall–Kier alpha value is 0.650. The fourth-order valence-electron chi connectivity index (χ4n) is 8.90. The predicted molar refractivity (Wildman–Crippen MR) is 127 cm³/mol. The maximum absolute atomic E-state index is 11.7. The van der Waals surface area contributed by atoms with E-state index in [1.165, 1.54) is 50.5 Å². The molecule has 8 atom stereocenters. The van der Waals surface area contributed by atoms with E-state index in [0.29, 0.717) is 24.2 Å². The zero-order valence-electron chi connectivity index (χ0n) is 21.5. The standard InChI is InChI=1S/C27H46O3S.Na/c1-18(2)7-6-8-19(3)23-11-12-24-22-10-9-20-17-21(31(28,29)30)13-15-26(20,4)25(22)14-16-27(23,24)5;/h9,18-19,21-25H,6-8,10-17H2,1-5H3,(H,28,29,30);/q;+1/p-1/t19-,21+,22+,23-,24+,25+,26+,27-;/m1./s1. The maximum Gasteiger partial charge on any atom is 1.00 e. The van der Waals surface area contributed by atoms with Crippen LogP contribution in [0.1, 0.15) is 105 Å². The second kappa shape index (κ2) is 9.96. The van der Waals surface area contributed by atoms with Gasteiger partial charge in [-0.25, -0.2) is 8.42 Å². The normalized spacial score (nSPS) is 42.3. The van der Waals surface area contributed by atoms with Gasteiger partial charge in [0.1, 0.15) is 0 Å². The van der Waals surface area contributed by atoms with Gasteiger partial charge in [0.15, 0.2) is 0 Å². The number of fused-ring (bicyclic) bond motifs is 5. The van der Waals surface area contributed by atoms with E-state index in [-0.39, 0.29) is 35.0 Å². The summed E-state index contributed by atoms with van der Waals surface area (Å²) in [4.78, 5) is 0. The molecule has 0 radical (unpaired) electrons. The van der Waals surface area contributed by atoms with Crippen molar-refractivity contribution >= 4 is 10.1 Å². The predicted octanol–water partition coefficient (Wildman–Crippen LogP) is 3.95. The molecule has 0 aliphatic heterocycles. The van der Waals surface area contributed by atoms with Crippen LogP contribution >= 0.6 is 0 Å². The van der Waals surface area contributed by atoms with Crippen molar-refractivity contribution in [3.63, 3.8) is 0 Å². The van der Waals surface area contributed by atoms with Gasteiger partial charge >= 0.3 is 29.6 Å². The van der Waals surface area contributed by atoms with Crippen molar-refractivity contribution in [2.24, 2.45) is 46.3 Å². The molecule has 4 aliphatic carbocycles.